The van der Waals surface area contributed by atoms with Gasteiger partial charge in [-0.15, -0.1) is 11.3 Å². The Morgan fingerprint density at radius 3 is 2.61 bits per heavy atom. The molecule has 0 aliphatic carbocycles. The first-order valence-electron chi connectivity index (χ1n) is 9.97. The number of carbonyl (C=O) groups excluding carboxylic acids is 1. The van der Waals surface area contributed by atoms with Gasteiger partial charge in [-0.3, -0.25) is 18.7 Å². The molecule has 0 spiro atoms. The van der Waals surface area contributed by atoms with Crippen molar-refractivity contribution in [1.29, 1.82) is 5.26 Å². The molecular weight excluding hydrogens is 416 g/mol. The second kappa shape index (κ2) is 10.1. The molecule has 0 saturated carbocycles. The van der Waals surface area contributed by atoms with E-state index >= 15 is 0 Å². The van der Waals surface area contributed by atoms with Crippen LogP contribution in [0.2, 0.25) is 0 Å². The Hall–Kier alpha value is -3.38. The van der Waals surface area contributed by atoms with Gasteiger partial charge in [-0.1, -0.05) is 18.6 Å². The van der Waals surface area contributed by atoms with E-state index in [0.717, 1.165) is 35.5 Å². The number of ether oxygens (including phenoxy) is 1. The number of methoxy groups -OCH3 is 1. The Kier molecular flexibility index (Phi) is 7.26. The van der Waals surface area contributed by atoms with Gasteiger partial charge in [0.05, 0.1) is 23.4 Å². The van der Waals surface area contributed by atoms with Crippen molar-refractivity contribution in [1.82, 2.24) is 14.5 Å². The van der Waals surface area contributed by atoms with Gasteiger partial charge < -0.3 is 10.1 Å². The lowest BCUT2D eigenvalue weighted by atomic mass is 10.2. The molecule has 2 aromatic heterocycles. The number of nitrogens with zero attached hydrogens (tertiary/aromatic N) is 3. The van der Waals surface area contributed by atoms with Gasteiger partial charge in [-0.05, 0) is 36.6 Å². The maximum absolute atomic E-state index is 12.9. The first kappa shape index (κ1) is 22.3. The zero-order valence-corrected chi connectivity index (χ0v) is 18.3. The van der Waals surface area contributed by atoms with E-state index in [0.29, 0.717) is 41.0 Å². The van der Waals surface area contributed by atoms with Gasteiger partial charge in [0.25, 0.3) is 11.5 Å². The number of aromatic nitrogens is 2. The Labute approximate surface area is 183 Å². The molecule has 0 saturated heterocycles. The van der Waals surface area contributed by atoms with Crippen LogP contribution >= 0.6 is 11.3 Å². The van der Waals surface area contributed by atoms with Crippen LogP contribution in [0.3, 0.4) is 0 Å². The Balaban J connectivity index is 1.77. The van der Waals surface area contributed by atoms with E-state index in [2.05, 4.69) is 11.4 Å². The summed E-state index contributed by atoms with van der Waals surface area (Å²) in [7, 11) is 3.19. The number of amides is 1. The number of carbonyl (C=O) groups is 1. The minimum Gasteiger partial charge on any atom is -0.497 e. The lowest BCUT2D eigenvalue weighted by molar-refractivity contribution is 0.0955. The van der Waals surface area contributed by atoms with Crippen LogP contribution in [-0.2, 0) is 20.1 Å². The van der Waals surface area contributed by atoms with E-state index in [1.54, 1.807) is 20.2 Å². The fraction of sp³-hybridized carbons (Fsp3) is 0.364. The molecule has 0 bridgehead atoms. The largest absolute Gasteiger partial charge is 0.497 e. The second-order valence-electron chi connectivity index (χ2n) is 7.13. The van der Waals surface area contributed by atoms with Crippen molar-refractivity contribution in [2.24, 2.45) is 7.05 Å². The average molecular weight is 441 g/mol. The van der Waals surface area contributed by atoms with E-state index in [4.69, 9.17) is 10.00 Å². The number of fused-ring (bicyclic) bond motifs is 1. The maximum atomic E-state index is 12.9. The fourth-order valence-electron chi connectivity index (χ4n) is 3.26. The number of hydrogen-bond acceptors (Lipinski definition) is 6. The van der Waals surface area contributed by atoms with Crippen LogP contribution in [0.25, 0.3) is 10.2 Å². The second-order valence-corrected chi connectivity index (χ2v) is 8.16. The highest BCUT2D eigenvalue weighted by Gasteiger charge is 2.17. The quantitative estimate of drug-likeness (QED) is 0.515. The summed E-state index contributed by atoms with van der Waals surface area (Å²) in [6.45, 7) is 0.630. The van der Waals surface area contributed by atoms with Crippen LogP contribution in [0.5, 0.6) is 5.75 Å². The van der Waals surface area contributed by atoms with E-state index in [1.165, 1.54) is 9.13 Å². The van der Waals surface area contributed by atoms with Crippen molar-refractivity contribution in [3.8, 4) is 11.8 Å². The standard InChI is InChI=1S/C22H24N4O4S/c1-25-21-17(20(28)26(22(25)29)12-6-4-3-5-11-23)13-18(31-21)19(27)24-14-15-7-9-16(30-2)10-8-15/h7-10,13H,3-6,12,14H2,1-2H3,(H,24,27). The van der Waals surface area contributed by atoms with Crippen LogP contribution in [0.15, 0.2) is 39.9 Å². The third-order valence-corrected chi connectivity index (χ3v) is 6.23. The van der Waals surface area contributed by atoms with E-state index < -0.39 is 5.69 Å². The molecule has 3 aromatic rings. The number of nitriles is 1. The van der Waals surface area contributed by atoms with E-state index in [-0.39, 0.29) is 11.5 Å². The molecule has 8 nitrogen and oxygen atoms in total. The van der Waals surface area contributed by atoms with Gasteiger partial charge in [0.15, 0.2) is 0 Å². The maximum Gasteiger partial charge on any atom is 0.331 e. The molecular formula is C22H24N4O4S. The summed E-state index contributed by atoms with van der Waals surface area (Å²) < 4.78 is 7.75. The van der Waals surface area contributed by atoms with Crippen molar-refractivity contribution in [3.05, 3.63) is 61.6 Å². The molecule has 1 aromatic carbocycles. The molecule has 0 aliphatic rings. The predicted octanol–water partition coefficient (Wildman–Crippen LogP) is 2.78. The normalized spacial score (nSPS) is 10.7. The highest BCUT2D eigenvalue weighted by Crippen LogP contribution is 2.22. The minimum atomic E-state index is -0.398. The van der Waals surface area contributed by atoms with Gasteiger partial charge in [-0.25, -0.2) is 4.79 Å². The molecule has 0 radical (unpaired) electrons. The van der Waals surface area contributed by atoms with Crippen molar-refractivity contribution in [2.45, 2.75) is 38.8 Å². The van der Waals surface area contributed by atoms with Crippen LogP contribution in [0, 0.1) is 11.3 Å². The summed E-state index contributed by atoms with van der Waals surface area (Å²) >= 11 is 1.13. The number of unbranched alkanes of at least 4 members (excludes halogenated alkanes) is 3. The van der Waals surface area contributed by atoms with Gasteiger partial charge in [0, 0.05) is 26.6 Å². The Morgan fingerprint density at radius 1 is 1.19 bits per heavy atom. The van der Waals surface area contributed by atoms with Crippen molar-refractivity contribution in [3.63, 3.8) is 0 Å². The van der Waals surface area contributed by atoms with E-state index in [9.17, 15) is 14.4 Å². The monoisotopic (exact) mass is 440 g/mol. The van der Waals surface area contributed by atoms with Crippen molar-refractivity contribution >= 4 is 27.5 Å². The number of nitrogens with one attached hydrogen (secondary N) is 1. The molecule has 31 heavy (non-hydrogen) atoms. The topological polar surface area (TPSA) is 106 Å². The van der Waals surface area contributed by atoms with Gasteiger partial charge in [-0.2, -0.15) is 5.26 Å². The molecule has 162 valence electrons. The smallest absolute Gasteiger partial charge is 0.331 e. The third-order valence-electron chi connectivity index (χ3n) is 5.02. The number of thiophene rings is 1. The van der Waals surface area contributed by atoms with Gasteiger partial charge >= 0.3 is 5.69 Å². The lowest BCUT2D eigenvalue weighted by Crippen LogP contribution is -2.38. The van der Waals surface area contributed by atoms with Crippen molar-refractivity contribution in [2.75, 3.05) is 7.11 Å². The average Bonchev–Trinajstić information content (AvgIpc) is 3.24. The summed E-state index contributed by atoms with van der Waals surface area (Å²) in [4.78, 5) is 39.0. The van der Waals surface area contributed by atoms with E-state index in [1.807, 2.05) is 24.3 Å². The zero-order chi connectivity index (χ0) is 22.4. The molecule has 0 fully saturated rings. The highest BCUT2D eigenvalue weighted by atomic mass is 32.1. The molecule has 1 amide bonds. The van der Waals surface area contributed by atoms with Crippen LogP contribution in [-0.4, -0.2) is 22.2 Å². The van der Waals surface area contributed by atoms with Gasteiger partial charge in [0.1, 0.15) is 10.6 Å². The van der Waals surface area contributed by atoms with Crippen LogP contribution < -0.4 is 21.3 Å². The molecule has 0 unspecified atom stereocenters. The Morgan fingerprint density at radius 2 is 1.94 bits per heavy atom. The molecule has 3 rings (SSSR count). The molecule has 0 atom stereocenters. The summed E-state index contributed by atoms with van der Waals surface area (Å²) in [5, 5.41) is 11.8. The number of aryl methyl sites for hydroxylation is 1. The minimum absolute atomic E-state index is 0.293. The molecule has 1 N–H and O–H groups in total. The van der Waals surface area contributed by atoms with Gasteiger partial charge in [0.2, 0.25) is 0 Å². The molecule has 2 heterocycles. The first-order chi connectivity index (χ1) is 15.0. The number of rotatable bonds is 9. The lowest BCUT2D eigenvalue weighted by Gasteiger charge is -2.07. The summed E-state index contributed by atoms with van der Waals surface area (Å²) in [5.74, 6) is 0.439. The zero-order valence-electron chi connectivity index (χ0n) is 17.5. The Bertz CT molecular complexity index is 1230. The molecule has 9 heteroatoms. The first-order valence-corrected chi connectivity index (χ1v) is 10.8. The highest BCUT2D eigenvalue weighted by molar-refractivity contribution is 7.20. The summed E-state index contributed by atoms with van der Waals surface area (Å²) in [6, 6.07) is 11.0. The fourth-order valence-corrected chi connectivity index (χ4v) is 4.28. The van der Waals surface area contributed by atoms with Crippen LogP contribution in [0.1, 0.15) is 40.9 Å². The van der Waals surface area contributed by atoms with Crippen molar-refractivity contribution < 1.29 is 9.53 Å². The SMILES string of the molecule is COc1ccc(CNC(=O)c2cc3c(=O)n(CCCCCC#N)c(=O)n(C)c3s2)cc1. The number of hydrogen-bond donors (Lipinski definition) is 1. The predicted molar refractivity (Wildman–Crippen MR) is 120 cm³/mol. The number of benzene rings is 1. The third kappa shape index (κ3) is 5.03. The summed E-state index contributed by atoms with van der Waals surface area (Å²) in [6.07, 6.45) is 2.61. The van der Waals surface area contributed by atoms with Crippen LogP contribution in [0.4, 0.5) is 0 Å². The molecule has 0 aliphatic heterocycles. The summed E-state index contributed by atoms with van der Waals surface area (Å²) in [5.41, 5.74) is 0.134.